The molecule has 0 unspecified atom stereocenters. The van der Waals surface area contributed by atoms with Gasteiger partial charge in [0.25, 0.3) is 0 Å². The molecule has 0 bridgehead atoms. The van der Waals surface area contributed by atoms with Crippen LogP contribution in [0.15, 0.2) is 30.5 Å². The summed E-state index contributed by atoms with van der Waals surface area (Å²) in [6.07, 6.45) is 1.66. The number of anilines is 2. The number of nitrogens with one attached hydrogen (secondary N) is 1. The van der Waals surface area contributed by atoms with Gasteiger partial charge in [-0.25, -0.2) is 9.97 Å². The maximum absolute atomic E-state index is 5.68. The molecule has 6 heteroatoms. The van der Waals surface area contributed by atoms with Crippen LogP contribution in [0.4, 0.5) is 11.5 Å². The first-order chi connectivity index (χ1) is 9.10. The van der Waals surface area contributed by atoms with E-state index < -0.39 is 0 Å². The molecule has 0 aliphatic carbocycles. The fourth-order valence-electron chi connectivity index (χ4n) is 1.56. The highest BCUT2D eigenvalue weighted by Gasteiger charge is 2.07. The summed E-state index contributed by atoms with van der Waals surface area (Å²) in [4.78, 5) is 8.81. The van der Waals surface area contributed by atoms with Gasteiger partial charge in [-0.15, -0.1) is 0 Å². The van der Waals surface area contributed by atoms with Gasteiger partial charge in [0.15, 0.2) is 0 Å². The Bertz CT molecular complexity index is 598. The SMILES string of the molecule is COc1ccc(Nc2nc(C)ccc2C(N)=S)cn1. The summed E-state index contributed by atoms with van der Waals surface area (Å²) >= 11 is 5.01. The minimum atomic E-state index is 0.302. The van der Waals surface area contributed by atoms with Crippen LogP contribution in [0.3, 0.4) is 0 Å². The van der Waals surface area contributed by atoms with E-state index in [1.807, 2.05) is 25.1 Å². The molecule has 2 rings (SSSR count). The van der Waals surface area contributed by atoms with Gasteiger partial charge < -0.3 is 15.8 Å². The predicted octanol–water partition coefficient (Wildman–Crippen LogP) is 2.17. The molecule has 0 atom stereocenters. The van der Waals surface area contributed by atoms with Crippen LogP contribution in [-0.2, 0) is 0 Å². The number of nitrogens with zero attached hydrogens (tertiary/aromatic N) is 2. The molecule has 0 saturated carbocycles. The Hall–Kier alpha value is -2.21. The number of aromatic nitrogens is 2. The van der Waals surface area contributed by atoms with E-state index in [0.29, 0.717) is 22.2 Å². The lowest BCUT2D eigenvalue weighted by Gasteiger charge is -2.11. The van der Waals surface area contributed by atoms with E-state index in [0.717, 1.165) is 11.4 Å². The van der Waals surface area contributed by atoms with Crippen molar-refractivity contribution < 1.29 is 4.74 Å². The van der Waals surface area contributed by atoms with Crippen LogP contribution < -0.4 is 15.8 Å². The molecule has 0 radical (unpaired) electrons. The van der Waals surface area contributed by atoms with E-state index >= 15 is 0 Å². The van der Waals surface area contributed by atoms with Crippen molar-refractivity contribution in [3.8, 4) is 5.88 Å². The second-order valence-corrected chi connectivity index (χ2v) is 4.37. The van der Waals surface area contributed by atoms with Gasteiger partial charge in [-0.1, -0.05) is 12.2 Å². The van der Waals surface area contributed by atoms with Crippen molar-refractivity contribution in [3.63, 3.8) is 0 Å². The van der Waals surface area contributed by atoms with Crippen molar-refractivity contribution in [3.05, 3.63) is 41.7 Å². The third-order valence-electron chi connectivity index (χ3n) is 2.51. The smallest absolute Gasteiger partial charge is 0.213 e. The minimum Gasteiger partial charge on any atom is -0.481 e. The number of aryl methyl sites for hydroxylation is 1. The summed E-state index contributed by atoms with van der Waals surface area (Å²) in [5, 5.41) is 3.15. The fraction of sp³-hybridized carbons (Fsp3) is 0.154. The molecule has 0 fully saturated rings. The second-order valence-electron chi connectivity index (χ2n) is 3.93. The number of thiocarbonyl (C=S) groups is 1. The van der Waals surface area contributed by atoms with Gasteiger partial charge in [-0.05, 0) is 25.1 Å². The highest BCUT2D eigenvalue weighted by Crippen LogP contribution is 2.20. The molecule has 98 valence electrons. The largest absolute Gasteiger partial charge is 0.481 e. The third-order valence-corrected chi connectivity index (χ3v) is 2.73. The standard InChI is InChI=1S/C13H14N4OS/c1-8-3-5-10(12(14)19)13(16-8)17-9-4-6-11(18-2)15-7-9/h3-7H,1-2H3,(H2,14,19)(H,16,17). The van der Waals surface area contributed by atoms with Crippen LogP contribution in [0, 0.1) is 6.92 Å². The Morgan fingerprint density at radius 1 is 1.32 bits per heavy atom. The molecule has 0 amide bonds. The first-order valence-electron chi connectivity index (χ1n) is 5.64. The highest BCUT2D eigenvalue weighted by molar-refractivity contribution is 7.80. The molecule has 0 aliphatic heterocycles. The lowest BCUT2D eigenvalue weighted by atomic mass is 10.2. The van der Waals surface area contributed by atoms with Gasteiger partial charge in [-0.3, -0.25) is 0 Å². The van der Waals surface area contributed by atoms with Crippen LogP contribution >= 0.6 is 12.2 Å². The Balaban J connectivity index is 2.31. The lowest BCUT2D eigenvalue weighted by Crippen LogP contribution is -2.13. The predicted molar refractivity (Wildman–Crippen MR) is 78.9 cm³/mol. The van der Waals surface area contributed by atoms with Crippen LogP contribution in [0.2, 0.25) is 0 Å². The van der Waals surface area contributed by atoms with Crippen LogP contribution in [-0.4, -0.2) is 22.1 Å². The van der Waals surface area contributed by atoms with E-state index in [1.165, 1.54) is 0 Å². The third kappa shape index (κ3) is 3.17. The Morgan fingerprint density at radius 2 is 2.11 bits per heavy atom. The van der Waals surface area contributed by atoms with Crippen molar-refractivity contribution >= 4 is 28.7 Å². The number of hydrogen-bond donors (Lipinski definition) is 2. The molecule has 2 aromatic rings. The van der Waals surface area contributed by atoms with E-state index in [4.69, 9.17) is 22.7 Å². The summed E-state index contributed by atoms with van der Waals surface area (Å²) in [6, 6.07) is 7.33. The summed E-state index contributed by atoms with van der Waals surface area (Å²) in [7, 11) is 1.57. The molecule has 2 heterocycles. The molecule has 0 aliphatic rings. The topological polar surface area (TPSA) is 73.1 Å². The quantitative estimate of drug-likeness (QED) is 0.832. The van der Waals surface area contributed by atoms with Crippen molar-refractivity contribution in [1.29, 1.82) is 0 Å². The summed E-state index contributed by atoms with van der Waals surface area (Å²) in [5.74, 6) is 1.18. The molecule has 19 heavy (non-hydrogen) atoms. The number of pyridine rings is 2. The first-order valence-corrected chi connectivity index (χ1v) is 6.05. The molecule has 5 nitrogen and oxygen atoms in total. The Labute approximate surface area is 116 Å². The second kappa shape index (κ2) is 5.62. The zero-order chi connectivity index (χ0) is 13.8. The number of nitrogens with two attached hydrogens (primary N) is 1. The van der Waals surface area contributed by atoms with Crippen molar-refractivity contribution in [1.82, 2.24) is 9.97 Å². The Kier molecular flexibility index (Phi) is 3.91. The van der Waals surface area contributed by atoms with E-state index in [9.17, 15) is 0 Å². The van der Waals surface area contributed by atoms with Gasteiger partial charge >= 0.3 is 0 Å². The maximum Gasteiger partial charge on any atom is 0.213 e. The van der Waals surface area contributed by atoms with Gasteiger partial charge in [0.1, 0.15) is 10.8 Å². The number of methoxy groups -OCH3 is 1. The molecule has 0 aromatic carbocycles. The molecule has 0 saturated heterocycles. The van der Waals surface area contributed by atoms with Crippen molar-refractivity contribution in [2.45, 2.75) is 6.92 Å². The Morgan fingerprint density at radius 3 is 2.68 bits per heavy atom. The summed E-state index contributed by atoms with van der Waals surface area (Å²) in [6.45, 7) is 1.90. The molecule has 0 spiro atoms. The zero-order valence-electron chi connectivity index (χ0n) is 10.7. The van der Waals surface area contributed by atoms with Gasteiger partial charge in [0, 0.05) is 11.8 Å². The normalized spacial score (nSPS) is 10.0. The van der Waals surface area contributed by atoms with Gasteiger partial charge in [0.05, 0.1) is 24.6 Å². The van der Waals surface area contributed by atoms with Crippen molar-refractivity contribution in [2.75, 3.05) is 12.4 Å². The van der Waals surface area contributed by atoms with Crippen LogP contribution in [0.25, 0.3) is 0 Å². The highest BCUT2D eigenvalue weighted by atomic mass is 32.1. The fourth-order valence-corrected chi connectivity index (χ4v) is 1.73. The first kappa shape index (κ1) is 13.2. The van der Waals surface area contributed by atoms with E-state index in [1.54, 1.807) is 19.4 Å². The van der Waals surface area contributed by atoms with E-state index in [-0.39, 0.29) is 0 Å². The molecular weight excluding hydrogens is 260 g/mol. The molecular formula is C13H14N4OS. The number of ether oxygens (including phenoxy) is 1. The lowest BCUT2D eigenvalue weighted by molar-refractivity contribution is 0.398. The van der Waals surface area contributed by atoms with Crippen LogP contribution in [0.5, 0.6) is 5.88 Å². The number of rotatable bonds is 4. The average molecular weight is 274 g/mol. The van der Waals surface area contributed by atoms with E-state index in [2.05, 4.69) is 15.3 Å². The minimum absolute atomic E-state index is 0.302. The van der Waals surface area contributed by atoms with Gasteiger partial charge in [-0.2, -0.15) is 0 Å². The number of hydrogen-bond acceptors (Lipinski definition) is 5. The molecule has 2 aromatic heterocycles. The molecule has 3 N–H and O–H groups in total. The zero-order valence-corrected chi connectivity index (χ0v) is 11.5. The van der Waals surface area contributed by atoms with Crippen molar-refractivity contribution in [2.24, 2.45) is 5.73 Å². The average Bonchev–Trinajstić information content (AvgIpc) is 2.39. The maximum atomic E-state index is 5.68. The van der Waals surface area contributed by atoms with Crippen LogP contribution in [0.1, 0.15) is 11.3 Å². The monoisotopic (exact) mass is 274 g/mol. The summed E-state index contributed by atoms with van der Waals surface area (Å²) < 4.78 is 5.01. The van der Waals surface area contributed by atoms with Gasteiger partial charge in [0.2, 0.25) is 5.88 Å². The summed E-state index contributed by atoms with van der Waals surface area (Å²) in [5.41, 5.74) is 8.05.